The highest BCUT2D eigenvalue weighted by Crippen LogP contribution is 2.40. The summed E-state index contributed by atoms with van der Waals surface area (Å²) in [7, 11) is 0. The first kappa shape index (κ1) is 22.7. The third-order valence-electron chi connectivity index (χ3n) is 4.69. The topological polar surface area (TPSA) is 116 Å². The molecule has 10 heteroatoms. The lowest BCUT2D eigenvalue weighted by molar-refractivity contribution is -0.139. The second-order valence-electron chi connectivity index (χ2n) is 7.11. The number of thioether (sulfide) groups is 1. The summed E-state index contributed by atoms with van der Waals surface area (Å²) < 4.78 is 17.3. The Hall–Kier alpha value is -3.53. The normalized spacial score (nSPS) is 14.2. The minimum Gasteiger partial charge on any atom is -0.490 e. The molecule has 33 heavy (non-hydrogen) atoms. The van der Waals surface area contributed by atoms with Gasteiger partial charge in [-0.1, -0.05) is 36.9 Å². The van der Waals surface area contributed by atoms with Crippen LogP contribution < -0.4 is 19.5 Å². The predicted molar refractivity (Wildman–Crippen MR) is 124 cm³/mol. The number of aromatic nitrogens is 3. The molecule has 0 saturated carbocycles. The van der Waals surface area contributed by atoms with Gasteiger partial charge in [0.1, 0.15) is 0 Å². The highest BCUT2D eigenvalue weighted by molar-refractivity contribution is 7.99. The highest BCUT2D eigenvalue weighted by Gasteiger charge is 2.27. The molecule has 1 aromatic heterocycles. The van der Waals surface area contributed by atoms with Crippen LogP contribution in [0.25, 0.3) is 11.3 Å². The molecule has 9 nitrogen and oxygen atoms in total. The number of fused-ring (bicyclic) bond motifs is 3. The molecule has 0 aliphatic carbocycles. The van der Waals surface area contributed by atoms with Gasteiger partial charge >= 0.3 is 5.97 Å². The Labute approximate surface area is 195 Å². The van der Waals surface area contributed by atoms with Crippen LogP contribution in [-0.4, -0.2) is 45.2 Å². The summed E-state index contributed by atoms with van der Waals surface area (Å²) in [6.45, 7) is 3.88. The Bertz CT molecular complexity index is 1140. The molecule has 172 valence electrons. The molecule has 2 heterocycles. The zero-order valence-corrected chi connectivity index (χ0v) is 19.1. The van der Waals surface area contributed by atoms with Crippen LogP contribution in [0.1, 0.15) is 32.1 Å². The van der Waals surface area contributed by atoms with E-state index in [9.17, 15) is 4.79 Å². The monoisotopic (exact) mass is 468 g/mol. The van der Waals surface area contributed by atoms with Crippen LogP contribution in [0, 0.1) is 0 Å². The zero-order valence-electron chi connectivity index (χ0n) is 18.3. The molecule has 0 radical (unpaired) electrons. The second-order valence-corrected chi connectivity index (χ2v) is 8.17. The van der Waals surface area contributed by atoms with E-state index in [1.165, 1.54) is 11.8 Å². The molecule has 0 unspecified atom stereocenters. The number of nitrogens with one attached hydrogen (secondary N) is 1. The summed E-state index contributed by atoms with van der Waals surface area (Å²) in [5.74, 6) is 0.982. The van der Waals surface area contributed by atoms with E-state index in [1.807, 2.05) is 31.2 Å². The number of anilines is 1. The van der Waals surface area contributed by atoms with Gasteiger partial charge in [-0.05, 0) is 37.6 Å². The minimum atomic E-state index is -1.06. The van der Waals surface area contributed by atoms with Crippen LogP contribution in [0.4, 0.5) is 5.69 Å². The Balaban J connectivity index is 1.71. The highest BCUT2D eigenvalue weighted by atomic mass is 32.2. The number of para-hydroxylation sites is 1. The average Bonchev–Trinajstić information content (AvgIpc) is 2.98. The number of carboxylic acid groups (broad SMARTS) is 1. The molecule has 0 saturated heterocycles. The molecule has 0 fully saturated rings. The second kappa shape index (κ2) is 10.4. The molecule has 1 aliphatic heterocycles. The fraction of sp³-hybridized carbons (Fsp3) is 0.304. The number of carboxylic acids is 1. The van der Waals surface area contributed by atoms with Crippen molar-refractivity contribution >= 4 is 23.4 Å². The smallest absolute Gasteiger partial charge is 0.341 e. The maximum absolute atomic E-state index is 10.9. The van der Waals surface area contributed by atoms with Gasteiger partial charge in [0, 0.05) is 22.6 Å². The van der Waals surface area contributed by atoms with Crippen molar-refractivity contribution < 1.29 is 24.1 Å². The molecule has 0 amide bonds. The summed E-state index contributed by atoms with van der Waals surface area (Å²) in [4.78, 5) is 15.5. The van der Waals surface area contributed by atoms with Crippen molar-refractivity contribution in [2.75, 3.05) is 24.3 Å². The third-order valence-corrected chi connectivity index (χ3v) is 5.73. The van der Waals surface area contributed by atoms with Crippen LogP contribution in [0.2, 0.25) is 0 Å². The number of hydrogen-bond donors (Lipinski definition) is 2. The Morgan fingerprint density at radius 1 is 1.15 bits per heavy atom. The Kier molecular flexibility index (Phi) is 7.13. The minimum absolute atomic E-state index is 0.347. The van der Waals surface area contributed by atoms with Crippen molar-refractivity contribution in [2.45, 2.75) is 31.7 Å². The van der Waals surface area contributed by atoms with Gasteiger partial charge in [-0.3, -0.25) is 0 Å². The summed E-state index contributed by atoms with van der Waals surface area (Å²) in [5, 5.41) is 21.6. The molecule has 1 atom stereocenters. The molecule has 3 aromatic rings. The molecule has 1 aliphatic rings. The summed E-state index contributed by atoms with van der Waals surface area (Å²) in [5.41, 5.74) is 2.99. The van der Waals surface area contributed by atoms with E-state index in [0.29, 0.717) is 34.8 Å². The molecular weight excluding hydrogens is 444 g/mol. The van der Waals surface area contributed by atoms with Crippen molar-refractivity contribution in [1.82, 2.24) is 15.2 Å². The van der Waals surface area contributed by atoms with Gasteiger partial charge in [-0.2, -0.15) is 4.98 Å². The maximum Gasteiger partial charge on any atom is 0.341 e. The number of hydrogen-bond acceptors (Lipinski definition) is 9. The quantitative estimate of drug-likeness (QED) is 0.438. The van der Waals surface area contributed by atoms with Crippen molar-refractivity contribution in [1.29, 1.82) is 0 Å². The van der Waals surface area contributed by atoms with Gasteiger partial charge in [-0.25, -0.2) is 4.79 Å². The fourth-order valence-electron chi connectivity index (χ4n) is 3.27. The van der Waals surface area contributed by atoms with Gasteiger partial charge in [0.15, 0.2) is 30.0 Å². The van der Waals surface area contributed by atoms with Gasteiger partial charge in [0.05, 0.1) is 6.61 Å². The number of carbonyl (C=O) groups is 1. The first-order valence-corrected chi connectivity index (χ1v) is 11.6. The fourth-order valence-corrected chi connectivity index (χ4v) is 3.90. The van der Waals surface area contributed by atoms with Crippen molar-refractivity contribution in [3.05, 3.63) is 48.0 Å². The van der Waals surface area contributed by atoms with Gasteiger partial charge in [0.25, 0.3) is 0 Å². The van der Waals surface area contributed by atoms with Crippen molar-refractivity contribution in [3.63, 3.8) is 0 Å². The van der Waals surface area contributed by atoms with E-state index in [4.69, 9.17) is 19.3 Å². The summed E-state index contributed by atoms with van der Waals surface area (Å²) in [6.07, 6.45) is 0.399. The van der Waals surface area contributed by atoms with Crippen LogP contribution in [0.3, 0.4) is 0 Å². The number of nitrogens with zero attached hydrogens (tertiary/aromatic N) is 3. The van der Waals surface area contributed by atoms with E-state index < -0.39 is 18.8 Å². The van der Waals surface area contributed by atoms with Crippen molar-refractivity contribution in [3.8, 4) is 28.6 Å². The standard InChI is InChI=1S/C23H24N4O5S/c1-3-11-33-23-25-22-20(26-27-23)15-7-5-6-8-16(15)24-21(32-22)14-9-10-17(31-13-19(28)29)18(12-14)30-4-2/h5-10,12,21,24H,3-4,11,13H2,1-2H3,(H,28,29)/t21-/m0/s1. The third kappa shape index (κ3) is 5.28. The van der Waals surface area contributed by atoms with Crippen LogP contribution in [-0.2, 0) is 4.79 Å². The SMILES string of the molecule is CCCSc1nnc2c(n1)O[C@@H](c1ccc(OCC(=O)O)c(OCC)c1)Nc1ccccc1-2. The lowest BCUT2D eigenvalue weighted by Crippen LogP contribution is -2.17. The Morgan fingerprint density at radius 3 is 2.79 bits per heavy atom. The van der Waals surface area contributed by atoms with Crippen molar-refractivity contribution in [2.24, 2.45) is 0 Å². The average molecular weight is 469 g/mol. The lowest BCUT2D eigenvalue weighted by atomic mass is 10.1. The number of rotatable bonds is 9. The maximum atomic E-state index is 10.9. The van der Waals surface area contributed by atoms with Crippen LogP contribution >= 0.6 is 11.8 Å². The lowest BCUT2D eigenvalue weighted by Gasteiger charge is -2.21. The molecule has 0 bridgehead atoms. The molecule has 2 N–H and O–H groups in total. The Morgan fingerprint density at radius 2 is 2.00 bits per heavy atom. The van der Waals surface area contributed by atoms with Crippen LogP contribution in [0.15, 0.2) is 47.6 Å². The summed E-state index contributed by atoms with van der Waals surface area (Å²) in [6, 6.07) is 13.0. The first-order valence-electron chi connectivity index (χ1n) is 10.6. The number of benzene rings is 2. The van der Waals surface area contributed by atoms with E-state index in [0.717, 1.165) is 29.0 Å². The first-order chi connectivity index (χ1) is 16.1. The summed E-state index contributed by atoms with van der Waals surface area (Å²) >= 11 is 1.53. The number of aliphatic carboxylic acids is 1. The predicted octanol–water partition coefficient (Wildman–Crippen LogP) is 4.41. The van der Waals surface area contributed by atoms with E-state index in [2.05, 4.69) is 27.4 Å². The molecule has 4 rings (SSSR count). The number of ether oxygens (including phenoxy) is 3. The van der Waals surface area contributed by atoms with Crippen LogP contribution in [0.5, 0.6) is 17.4 Å². The largest absolute Gasteiger partial charge is 0.490 e. The molecule has 0 spiro atoms. The zero-order chi connectivity index (χ0) is 23.2. The molecule has 2 aromatic carbocycles. The van der Waals surface area contributed by atoms with E-state index in [1.54, 1.807) is 18.2 Å². The molecular formula is C23H24N4O5S. The van der Waals surface area contributed by atoms with Gasteiger partial charge in [0.2, 0.25) is 11.0 Å². The van der Waals surface area contributed by atoms with Gasteiger partial charge in [-0.15, -0.1) is 10.2 Å². The van der Waals surface area contributed by atoms with E-state index >= 15 is 0 Å². The van der Waals surface area contributed by atoms with Gasteiger partial charge < -0.3 is 24.6 Å². The van der Waals surface area contributed by atoms with E-state index in [-0.39, 0.29) is 0 Å².